The molecule has 7 heteroatoms. The lowest BCUT2D eigenvalue weighted by molar-refractivity contribution is 0.0827. The number of halogens is 1. The van der Waals surface area contributed by atoms with Gasteiger partial charge in [-0.15, -0.1) is 24.0 Å². The van der Waals surface area contributed by atoms with E-state index in [2.05, 4.69) is 15.2 Å². The molecule has 0 radical (unpaired) electrons. The number of amides is 1. The molecule has 26 heavy (non-hydrogen) atoms. The second-order valence-corrected chi connectivity index (χ2v) is 6.74. The summed E-state index contributed by atoms with van der Waals surface area (Å²) in [4.78, 5) is 19.9. The summed E-state index contributed by atoms with van der Waals surface area (Å²) in [6.07, 6.45) is 2.63. The van der Waals surface area contributed by atoms with Crippen LogP contribution in [0.5, 0.6) is 0 Å². The Morgan fingerprint density at radius 2 is 1.88 bits per heavy atom. The molecule has 0 saturated heterocycles. The third-order valence-corrected chi connectivity index (χ3v) is 4.25. The average molecular weight is 474 g/mol. The second kappa shape index (κ2) is 11.4. The van der Waals surface area contributed by atoms with Gasteiger partial charge in [-0.25, -0.2) is 0 Å². The van der Waals surface area contributed by atoms with Crippen LogP contribution in [0.1, 0.15) is 28.8 Å². The van der Waals surface area contributed by atoms with Gasteiger partial charge in [-0.3, -0.25) is 9.79 Å². The molecule has 1 fully saturated rings. The SMILES string of the molecule is CN=C(NCc1ccc(C(=O)N(C)C)cc1)N(C)CCOCC1CC1.I. The molecule has 0 aliphatic heterocycles. The number of aliphatic imine (C=N–C) groups is 1. The molecular formula is C19H31IN4O2. The Morgan fingerprint density at radius 1 is 1.23 bits per heavy atom. The van der Waals surface area contributed by atoms with Crippen LogP contribution in [0.2, 0.25) is 0 Å². The van der Waals surface area contributed by atoms with Crippen LogP contribution in [0.4, 0.5) is 0 Å². The van der Waals surface area contributed by atoms with E-state index in [0.29, 0.717) is 12.1 Å². The zero-order valence-corrected chi connectivity index (χ0v) is 18.5. The third kappa shape index (κ3) is 7.49. The maximum absolute atomic E-state index is 11.9. The number of hydrogen-bond donors (Lipinski definition) is 1. The molecule has 146 valence electrons. The number of benzene rings is 1. The highest BCUT2D eigenvalue weighted by atomic mass is 127. The minimum atomic E-state index is 0. The van der Waals surface area contributed by atoms with Gasteiger partial charge < -0.3 is 19.9 Å². The number of rotatable bonds is 8. The van der Waals surface area contributed by atoms with Crippen molar-refractivity contribution in [2.24, 2.45) is 10.9 Å². The largest absolute Gasteiger partial charge is 0.379 e. The van der Waals surface area contributed by atoms with Crippen molar-refractivity contribution in [2.45, 2.75) is 19.4 Å². The summed E-state index contributed by atoms with van der Waals surface area (Å²) in [7, 11) is 7.30. The van der Waals surface area contributed by atoms with Crippen LogP contribution >= 0.6 is 24.0 Å². The van der Waals surface area contributed by atoms with Crippen LogP contribution in [0, 0.1) is 5.92 Å². The maximum atomic E-state index is 11.9. The van der Waals surface area contributed by atoms with Crippen LogP contribution in [0.25, 0.3) is 0 Å². The summed E-state index contributed by atoms with van der Waals surface area (Å²) < 4.78 is 5.68. The number of ether oxygens (including phenoxy) is 1. The van der Waals surface area contributed by atoms with E-state index in [1.807, 2.05) is 31.3 Å². The summed E-state index contributed by atoms with van der Waals surface area (Å²) in [6, 6.07) is 7.65. The number of carbonyl (C=O) groups is 1. The normalized spacial score (nSPS) is 13.8. The van der Waals surface area contributed by atoms with E-state index in [-0.39, 0.29) is 29.9 Å². The monoisotopic (exact) mass is 474 g/mol. The van der Waals surface area contributed by atoms with Crippen molar-refractivity contribution in [3.63, 3.8) is 0 Å². The summed E-state index contributed by atoms with van der Waals surface area (Å²) >= 11 is 0. The number of nitrogens with one attached hydrogen (secondary N) is 1. The van der Waals surface area contributed by atoms with Gasteiger partial charge in [0.2, 0.25) is 0 Å². The summed E-state index contributed by atoms with van der Waals surface area (Å²) in [5.74, 6) is 1.65. The van der Waals surface area contributed by atoms with E-state index < -0.39 is 0 Å². The van der Waals surface area contributed by atoms with Gasteiger partial charge in [-0.05, 0) is 36.5 Å². The molecular weight excluding hydrogens is 443 g/mol. The van der Waals surface area contributed by atoms with Crippen molar-refractivity contribution < 1.29 is 9.53 Å². The lowest BCUT2D eigenvalue weighted by Gasteiger charge is -2.22. The second-order valence-electron chi connectivity index (χ2n) is 6.74. The van der Waals surface area contributed by atoms with Gasteiger partial charge in [-0.1, -0.05) is 12.1 Å². The predicted molar refractivity (Wildman–Crippen MR) is 116 cm³/mol. The molecule has 1 amide bonds. The lowest BCUT2D eigenvalue weighted by Crippen LogP contribution is -2.40. The first-order chi connectivity index (χ1) is 12.0. The van der Waals surface area contributed by atoms with E-state index >= 15 is 0 Å². The summed E-state index contributed by atoms with van der Waals surface area (Å²) in [5.41, 5.74) is 1.80. The van der Waals surface area contributed by atoms with Crippen molar-refractivity contribution in [2.75, 3.05) is 47.9 Å². The topological polar surface area (TPSA) is 57.2 Å². The number of hydrogen-bond acceptors (Lipinski definition) is 3. The Balaban J connectivity index is 0.00000338. The zero-order valence-electron chi connectivity index (χ0n) is 16.2. The van der Waals surface area contributed by atoms with Gasteiger partial charge in [-0.2, -0.15) is 0 Å². The molecule has 1 N–H and O–H groups in total. The van der Waals surface area contributed by atoms with Crippen molar-refractivity contribution >= 4 is 35.8 Å². The number of likely N-dealkylation sites (N-methyl/N-ethyl adjacent to an activating group) is 1. The van der Waals surface area contributed by atoms with Gasteiger partial charge >= 0.3 is 0 Å². The first kappa shape index (κ1) is 22.7. The Labute approximate surface area is 174 Å². The molecule has 0 heterocycles. The minimum Gasteiger partial charge on any atom is -0.379 e. The highest BCUT2D eigenvalue weighted by Crippen LogP contribution is 2.28. The molecule has 0 bridgehead atoms. The molecule has 2 rings (SSSR count). The predicted octanol–water partition coefficient (Wildman–Crippen LogP) is 2.44. The highest BCUT2D eigenvalue weighted by molar-refractivity contribution is 14.0. The minimum absolute atomic E-state index is 0. The van der Waals surface area contributed by atoms with Gasteiger partial charge in [0.05, 0.1) is 6.61 Å². The summed E-state index contributed by atoms with van der Waals surface area (Å²) in [5, 5.41) is 3.34. The van der Waals surface area contributed by atoms with E-state index in [1.165, 1.54) is 12.8 Å². The van der Waals surface area contributed by atoms with Crippen molar-refractivity contribution in [3.8, 4) is 0 Å². The smallest absolute Gasteiger partial charge is 0.253 e. The van der Waals surface area contributed by atoms with Gasteiger partial charge in [0.25, 0.3) is 5.91 Å². The Kier molecular flexibility index (Phi) is 9.93. The molecule has 0 aromatic heterocycles. The van der Waals surface area contributed by atoms with Crippen LogP contribution in [-0.2, 0) is 11.3 Å². The number of guanidine groups is 1. The molecule has 6 nitrogen and oxygen atoms in total. The molecule has 0 unspecified atom stereocenters. The number of nitrogens with zero attached hydrogens (tertiary/aromatic N) is 3. The first-order valence-corrected chi connectivity index (χ1v) is 8.81. The molecule has 1 aromatic rings. The standard InChI is InChI=1S/C19H30N4O2.HI/c1-20-19(23(4)11-12-25-14-16-5-6-16)21-13-15-7-9-17(10-8-15)18(24)22(2)3;/h7-10,16H,5-6,11-14H2,1-4H3,(H,20,21);1H. The molecule has 1 aliphatic rings. The van der Waals surface area contributed by atoms with Crippen molar-refractivity contribution in [1.29, 1.82) is 0 Å². The molecule has 1 aliphatic carbocycles. The van der Waals surface area contributed by atoms with Crippen LogP contribution in [0.3, 0.4) is 0 Å². The number of carbonyl (C=O) groups excluding carboxylic acids is 1. The van der Waals surface area contributed by atoms with E-state index in [4.69, 9.17) is 4.74 Å². The molecule has 0 atom stereocenters. The Bertz CT molecular complexity index is 586. The Morgan fingerprint density at radius 3 is 2.42 bits per heavy atom. The first-order valence-electron chi connectivity index (χ1n) is 8.81. The zero-order chi connectivity index (χ0) is 18.2. The fourth-order valence-electron chi connectivity index (χ4n) is 2.43. The fraction of sp³-hybridized carbons (Fsp3) is 0.579. The van der Waals surface area contributed by atoms with Gasteiger partial charge in [0, 0.05) is 53.5 Å². The van der Waals surface area contributed by atoms with Crippen LogP contribution in [-0.4, -0.2) is 69.6 Å². The van der Waals surface area contributed by atoms with Crippen LogP contribution in [0.15, 0.2) is 29.3 Å². The maximum Gasteiger partial charge on any atom is 0.253 e. The molecule has 0 spiro atoms. The molecule has 1 saturated carbocycles. The van der Waals surface area contributed by atoms with E-state index in [9.17, 15) is 4.79 Å². The van der Waals surface area contributed by atoms with Crippen LogP contribution < -0.4 is 5.32 Å². The molecule has 1 aromatic carbocycles. The average Bonchev–Trinajstić information content (AvgIpc) is 3.43. The fourth-order valence-corrected chi connectivity index (χ4v) is 2.43. The van der Waals surface area contributed by atoms with Gasteiger partial charge in [0.1, 0.15) is 0 Å². The van der Waals surface area contributed by atoms with Crippen molar-refractivity contribution in [1.82, 2.24) is 15.1 Å². The van der Waals surface area contributed by atoms with E-state index in [1.54, 1.807) is 26.0 Å². The quantitative estimate of drug-likeness (QED) is 0.272. The van der Waals surface area contributed by atoms with Crippen molar-refractivity contribution in [3.05, 3.63) is 35.4 Å². The summed E-state index contributed by atoms with van der Waals surface area (Å²) in [6.45, 7) is 3.08. The van der Waals surface area contributed by atoms with E-state index in [0.717, 1.165) is 37.2 Å². The van der Waals surface area contributed by atoms with Gasteiger partial charge in [0.15, 0.2) is 5.96 Å². The Hall–Kier alpha value is -1.35. The third-order valence-electron chi connectivity index (χ3n) is 4.25. The lowest BCUT2D eigenvalue weighted by atomic mass is 10.1. The highest BCUT2D eigenvalue weighted by Gasteiger charge is 2.21.